The second-order valence-corrected chi connectivity index (χ2v) is 5.31. The molecule has 2 rings (SSSR count). The van der Waals surface area contributed by atoms with E-state index in [1.807, 2.05) is 6.92 Å². The van der Waals surface area contributed by atoms with E-state index in [9.17, 15) is 5.11 Å². The van der Waals surface area contributed by atoms with Crippen molar-refractivity contribution in [1.29, 1.82) is 0 Å². The number of aromatic nitrogens is 1. The Morgan fingerprint density at radius 2 is 2.16 bits per heavy atom. The van der Waals surface area contributed by atoms with Crippen LogP contribution in [0.2, 0.25) is 5.02 Å². The maximum atomic E-state index is 9.66. The summed E-state index contributed by atoms with van der Waals surface area (Å²) >= 11 is 9.25. The van der Waals surface area contributed by atoms with Crippen molar-refractivity contribution in [2.24, 2.45) is 0 Å². The lowest BCUT2D eigenvalue weighted by Gasteiger charge is -2.10. The van der Waals surface area contributed by atoms with Gasteiger partial charge in [-0.15, -0.1) is 0 Å². The van der Waals surface area contributed by atoms with Crippen LogP contribution < -0.4 is 4.74 Å². The largest absolute Gasteiger partial charge is 0.455 e. The fraction of sp³-hybridized carbons (Fsp3) is 0.214. The van der Waals surface area contributed by atoms with Crippen LogP contribution in [0.3, 0.4) is 0 Å². The predicted molar refractivity (Wildman–Crippen MR) is 78.7 cm³/mol. The van der Waals surface area contributed by atoms with E-state index >= 15 is 0 Å². The third-order valence-electron chi connectivity index (χ3n) is 2.61. The summed E-state index contributed by atoms with van der Waals surface area (Å²) in [6.07, 6.45) is 1.70. The van der Waals surface area contributed by atoms with Crippen molar-refractivity contribution in [3.8, 4) is 11.5 Å². The van der Waals surface area contributed by atoms with E-state index in [0.717, 1.165) is 4.47 Å². The zero-order chi connectivity index (χ0) is 13.8. The molecule has 0 aliphatic carbocycles. The molecule has 0 aliphatic heterocycles. The summed E-state index contributed by atoms with van der Waals surface area (Å²) < 4.78 is 6.46. The first-order valence-electron chi connectivity index (χ1n) is 5.87. The lowest BCUT2D eigenvalue weighted by atomic mass is 10.2. The number of nitrogens with zero attached hydrogens (tertiary/aromatic N) is 1. The molecule has 2 aromatic rings. The zero-order valence-corrected chi connectivity index (χ0v) is 12.6. The molecule has 1 heterocycles. The highest BCUT2D eigenvalue weighted by molar-refractivity contribution is 9.10. The van der Waals surface area contributed by atoms with E-state index in [4.69, 9.17) is 16.3 Å². The summed E-state index contributed by atoms with van der Waals surface area (Å²) in [6.45, 7) is 1.90. The second kappa shape index (κ2) is 6.37. The Morgan fingerprint density at radius 3 is 2.74 bits per heavy atom. The van der Waals surface area contributed by atoms with Gasteiger partial charge in [0.1, 0.15) is 11.5 Å². The second-order valence-electron chi connectivity index (χ2n) is 4.02. The molecule has 0 unspecified atom stereocenters. The van der Waals surface area contributed by atoms with Crippen LogP contribution in [0.25, 0.3) is 0 Å². The SMILES string of the molecule is CC[C@H](O)c1ccc(Oc2ccc(Cl)cc2Br)cn1. The number of pyridine rings is 1. The van der Waals surface area contributed by atoms with Crippen LogP contribution in [0, 0.1) is 0 Å². The standard InChI is InChI=1S/C14H13BrClNO2/c1-2-13(18)12-5-4-10(8-17-12)19-14-6-3-9(16)7-11(14)15/h3-8,13,18H,2H2,1H3/t13-/m0/s1. The lowest BCUT2D eigenvalue weighted by Crippen LogP contribution is -1.98. The summed E-state index contributed by atoms with van der Waals surface area (Å²) in [5, 5.41) is 10.3. The summed E-state index contributed by atoms with van der Waals surface area (Å²) in [6, 6.07) is 8.83. The average molecular weight is 343 g/mol. The number of aliphatic hydroxyl groups is 1. The molecule has 0 amide bonds. The highest BCUT2D eigenvalue weighted by Crippen LogP contribution is 2.31. The van der Waals surface area contributed by atoms with Gasteiger partial charge in [-0.25, -0.2) is 0 Å². The molecule has 0 spiro atoms. The maximum Gasteiger partial charge on any atom is 0.145 e. The molecular weight excluding hydrogens is 330 g/mol. The number of ether oxygens (including phenoxy) is 1. The van der Waals surface area contributed by atoms with Crippen molar-refractivity contribution in [1.82, 2.24) is 4.98 Å². The highest BCUT2D eigenvalue weighted by Gasteiger charge is 2.07. The molecule has 5 heteroatoms. The Balaban J connectivity index is 2.15. The molecule has 1 aromatic heterocycles. The Morgan fingerprint density at radius 1 is 1.37 bits per heavy atom. The monoisotopic (exact) mass is 341 g/mol. The minimum absolute atomic E-state index is 0.531. The van der Waals surface area contributed by atoms with Crippen LogP contribution in [0.15, 0.2) is 41.0 Å². The van der Waals surface area contributed by atoms with Crippen LogP contribution in [0.1, 0.15) is 25.1 Å². The first-order valence-corrected chi connectivity index (χ1v) is 7.04. The Hall–Kier alpha value is -1.10. The normalized spacial score (nSPS) is 12.2. The number of hydrogen-bond acceptors (Lipinski definition) is 3. The predicted octanol–water partition coefficient (Wildman–Crippen LogP) is 4.73. The number of benzene rings is 1. The van der Waals surface area contributed by atoms with Crippen molar-refractivity contribution in [3.05, 3.63) is 51.7 Å². The van der Waals surface area contributed by atoms with Gasteiger partial charge in [0.15, 0.2) is 0 Å². The molecule has 3 nitrogen and oxygen atoms in total. The summed E-state index contributed by atoms with van der Waals surface area (Å²) in [5.74, 6) is 1.27. The van der Waals surface area contributed by atoms with Gasteiger partial charge in [0.2, 0.25) is 0 Å². The molecule has 0 saturated heterocycles. The van der Waals surface area contributed by atoms with Gasteiger partial charge in [0, 0.05) is 5.02 Å². The quantitative estimate of drug-likeness (QED) is 0.873. The average Bonchev–Trinajstić information content (AvgIpc) is 2.42. The molecule has 1 aromatic carbocycles. The van der Waals surface area contributed by atoms with E-state index in [0.29, 0.717) is 28.6 Å². The maximum absolute atomic E-state index is 9.66. The molecule has 0 aliphatic rings. The van der Waals surface area contributed by atoms with E-state index < -0.39 is 6.10 Å². The van der Waals surface area contributed by atoms with Gasteiger partial charge in [-0.2, -0.15) is 0 Å². The molecule has 19 heavy (non-hydrogen) atoms. The number of halogens is 2. The van der Waals surface area contributed by atoms with E-state index in [-0.39, 0.29) is 0 Å². The van der Waals surface area contributed by atoms with E-state index in [1.165, 1.54) is 0 Å². The highest BCUT2D eigenvalue weighted by atomic mass is 79.9. The zero-order valence-electron chi connectivity index (χ0n) is 10.3. The van der Waals surface area contributed by atoms with Crippen LogP contribution in [0.4, 0.5) is 0 Å². The van der Waals surface area contributed by atoms with Gasteiger partial charge in [0.05, 0.1) is 22.5 Å². The molecule has 1 N–H and O–H groups in total. The molecule has 1 atom stereocenters. The minimum Gasteiger partial charge on any atom is -0.455 e. The first-order chi connectivity index (χ1) is 9.10. The van der Waals surface area contributed by atoms with Crippen molar-refractivity contribution in [2.45, 2.75) is 19.4 Å². The van der Waals surface area contributed by atoms with E-state index in [2.05, 4.69) is 20.9 Å². The van der Waals surface area contributed by atoms with Gasteiger partial charge in [-0.3, -0.25) is 4.98 Å². The first kappa shape index (κ1) is 14.3. The smallest absolute Gasteiger partial charge is 0.145 e. The van der Waals surface area contributed by atoms with Gasteiger partial charge in [-0.05, 0) is 52.7 Å². The number of rotatable bonds is 4. The molecular formula is C14H13BrClNO2. The summed E-state index contributed by atoms with van der Waals surface area (Å²) in [4.78, 5) is 4.18. The van der Waals surface area contributed by atoms with Crippen molar-refractivity contribution < 1.29 is 9.84 Å². The summed E-state index contributed by atoms with van der Waals surface area (Å²) in [5.41, 5.74) is 0.644. The number of aliphatic hydroxyl groups excluding tert-OH is 1. The third kappa shape index (κ3) is 3.69. The molecule has 0 bridgehead atoms. The van der Waals surface area contributed by atoms with Crippen molar-refractivity contribution in [2.75, 3.05) is 0 Å². The van der Waals surface area contributed by atoms with Gasteiger partial charge >= 0.3 is 0 Å². The lowest BCUT2D eigenvalue weighted by molar-refractivity contribution is 0.169. The van der Waals surface area contributed by atoms with Crippen molar-refractivity contribution in [3.63, 3.8) is 0 Å². The fourth-order valence-corrected chi connectivity index (χ4v) is 2.31. The molecule has 0 fully saturated rings. The Kier molecular flexibility index (Phi) is 4.80. The van der Waals surface area contributed by atoms with Crippen LogP contribution >= 0.6 is 27.5 Å². The van der Waals surface area contributed by atoms with Crippen LogP contribution in [-0.4, -0.2) is 10.1 Å². The minimum atomic E-state index is -0.531. The molecule has 0 radical (unpaired) electrons. The third-order valence-corrected chi connectivity index (χ3v) is 3.46. The molecule has 100 valence electrons. The molecule has 0 saturated carbocycles. The fourth-order valence-electron chi connectivity index (χ4n) is 1.54. The topological polar surface area (TPSA) is 42.4 Å². The summed E-state index contributed by atoms with van der Waals surface area (Å²) in [7, 11) is 0. The van der Waals surface area contributed by atoms with Gasteiger partial charge < -0.3 is 9.84 Å². The van der Waals surface area contributed by atoms with Gasteiger partial charge in [-0.1, -0.05) is 18.5 Å². The van der Waals surface area contributed by atoms with Crippen molar-refractivity contribution >= 4 is 27.5 Å². The Labute approximate surface area is 125 Å². The number of hydrogen-bond donors (Lipinski definition) is 1. The Bertz CT molecular complexity index is 560. The van der Waals surface area contributed by atoms with Gasteiger partial charge in [0.25, 0.3) is 0 Å². The van der Waals surface area contributed by atoms with Crippen LogP contribution in [0.5, 0.6) is 11.5 Å². The van der Waals surface area contributed by atoms with E-state index in [1.54, 1.807) is 36.5 Å². The van der Waals surface area contributed by atoms with Crippen LogP contribution in [-0.2, 0) is 0 Å².